The summed E-state index contributed by atoms with van der Waals surface area (Å²) in [5.74, 6) is -1.28. The Balaban J connectivity index is 2.76. The van der Waals surface area contributed by atoms with Gasteiger partial charge in [-0.05, 0) is 46.7 Å². The molecule has 3 N–H and O–H groups in total. The molecule has 1 amide bonds. The van der Waals surface area contributed by atoms with Gasteiger partial charge in [0.05, 0.1) is 11.3 Å². The minimum absolute atomic E-state index is 0.0452. The number of carbonyl (C=O) groups excluding carboxylic acids is 1. The molecule has 1 rings (SSSR count). The van der Waals surface area contributed by atoms with Gasteiger partial charge in [0.25, 0.3) is 0 Å². The first-order valence-corrected chi connectivity index (χ1v) is 8.67. The summed E-state index contributed by atoms with van der Waals surface area (Å²) in [5, 5.41) is 14.6. The van der Waals surface area contributed by atoms with E-state index in [2.05, 4.69) is 49.4 Å². The molecule has 8 heteroatoms. The molecule has 0 aliphatic carbocycles. The zero-order valence-corrected chi connectivity index (χ0v) is 15.9. The number of carboxylic acid groups (broad SMARTS) is 1. The van der Waals surface area contributed by atoms with Gasteiger partial charge in [0, 0.05) is 15.4 Å². The first kappa shape index (κ1) is 19.1. The number of thiocarbonyl (C=S) groups is 1. The smallest absolute Gasteiger partial charge is 0.337 e. The molecule has 0 aliphatic rings. The monoisotopic (exact) mass is 450 g/mol. The lowest BCUT2D eigenvalue weighted by Gasteiger charge is -2.14. The van der Waals surface area contributed by atoms with Crippen LogP contribution in [0.5, 0.6) is 0 Å². The Bertz CT molecular complexity index is 594. The van der Waals surface area contributed by atoms with E-state index in [0.29, 0.717) is 21.1 Å². The van der Waals surface area contributed by atoms with Crippen molar-refractivity contribution in [3.8, 4) is 0 Å². The molecule has 0 unspecified atom stereocenters. The Morgan fingerprint density at radius 3 is 2.55 bits per heavy atom. The first-order valence-electron chi connectivity index (χ1n) is 6.68. The van der Waals surface area contributed by atoms with Crippen LogP contribution in [0.2, 0.25) is 0 Å². The van der Waals surface area contributed by atoms with Crippen LogP contribution in [-0.2, 0) is 4.79 Å². The van der Waals surface area contributed by atoms with Gasteiger partial charge in [0.15, 0.2) is 5.11 Å². The number of unbranched alkanes of at least 4 members (excludes halogenated alkanes) is 2. The standard InChI is InChI=1S/C14H16Br2N2O3S/c1-2-3-4-5-11(19)17-14(22)18-12-9(13(20)21)6-8(15)7-10(12)16/h6-7H,2-5H2,1H3,(H,20,21)(H2,17,18,19,22). The van der Waals surface area contributed by atoms with Gasteiger partial charge in [-0.2, -0.15) is 0 Å². The Morgan fingerprint density at radius 2 is 1.95 bits per heavy atom. The summed E-state index contributed by atoms with van der Waals surface area (Å²) in [7, 11) is 0. The molecule has 0 spiro atoms. The lowest BCUT2D eigenvalue weighted by Crippen LogP contribution is -2.34. The van der Waals surface area contributed by atoms with E-state index in [0.717, 1.165) is 19.3 Å². The van der Waals surface area contributed by atoms with Crippen LogP contribution >= 0.6 is 44.1 Å². The van der Waals surface area contributed by atoms with Crippen molar-refractivity contribution in [2.45, 2.75) is 32.6 Å². The van der Waals surface area contributed by atoms with Crippen molar-refractivity contribution in [3.05, 3.63) is 26.6 Å². The predicted octanol–water partition coefficient (Wildman–Crippen LogP) is 4.30. The number of benzene rings is 1. The lowest BCUT2D eigenvalue weighted by atomic mass is 10.2. The number of hydrogen-bond donors (Lipinski definition) is 3. The molecule has 22 heavy (non-hydrogen) atoms. The van der Waals surface area contributed by atoms with Crippen molar-refractivity contribution in [2.75, 3.05) is 5.32 Å². The number of carbonyl (C=O) groups is 2. The lowest BCUT2D eigenvalue weighted by molar-refractivity contribution is -0.119. The fourth-order valence-corrected chi connectivity index (χ4v) is 3.28. The fraction of sp³-hybridized carbons (Fsp3) is 0.357. The SMILES string of the molecule is CCCCCC(=O)NC(=S)Nc1c(Br)cc(Br)cc1C(=O)O. The van der Waals surface area contributed by atoms with E-state index >= 15 is 0 Å². The minimum Gasteiger partial charge on any atom is -0.478 e. The van der Waals surface area contributed by atoms with E-state index in [1.807, 2.05) is 0 Å². The number of anilines is 1. The van der Waals surface area contributed by atoms with E-state index in [1.165, 1.54) is 6.07 Å². The topological polar surface area (TPSA) is 78.4 Å². The molecule has 0 aromatic heterocycles. The highest BCUT2D eigenvalue weighted by atomic mass is 79.9. The average molecular weight is 452 g/mol. The van der Waals surface area contributed by atoms with Crippen LogP contribution in [0, 0.1) is 0 Å². The highest BCUT2D eigenvalue weighted by molar-refractivity contribution is 9.11. The van der Waals surface area contributed by atoms with Gasteiger partial charge < -0.3 is 15.7 Å². The minimum atomic E-state index is -1.10. The van der Waals surface area contributed by atoms with Crippen LogP contribution < -0.4 is 10.6 Å². The molecule has 1 aromatic rings. The van der Waals surface area contributed by atoms with Gasteiger partial charge in [0.1, 0.15) is 0 Å². The zero-order valence-electron chi connectivity index (χ0n) is 11.9. The summed E-state index contributed by atoms with van der Waals surface area (Å²) in [6.45, 7) is 2.06. The third-order valence-electron chi connectivity index (χ3n) is 2.78. The Morgan fingerprint density at radius 1 is 1.27 bits per heavy atom. The Labute approximate surface area is 151 Å². The summed E-state index contributed by atoms with van der Waals surface area (Å²) < 4.78 is 1.15. The Kier molecular flexibility index (Phi) is 7.98. The van der Waals surface area contributed by atoms with E-state index in [4.69, 9.17) is 12.2 Å². The maximum absolute atomic E-state index is 11.7. The summed E-state index contributed by atoms with van der Waals surface area (Å²) in [5.41, 5.74) is 0.346. The number of aromatic carboxylic acids is 1. The number of nitrogens with one attached hydrogen (secondary N) is 2. The van der Waals surface area contributed by atoms with Crippen LogP contribution in [0.15, 0.2) is 21.1 Å². The predicted molar refractivity (Wildman–Crippen MR) is 97.3 cm³/mol. The van der Waals surface area contributed by atoms with Gasteiger partial charge >= 0.3 is 5.97 Å². The number of halogens is 2. The van der Waals surface area contributed by atoms with E-state index in [-0.39, 0.29) is 16.6 Å². The largest absolute Gasteiger partial charge is 0.478 e. The van der Waals surface area contributed by atoms with E-state index in [1.54, 1.807) is 6.07 Å². The molecule has 0 saturated carbocycles. The molecule has 0 heterocycles. The Hall–Kier alpha value is -0.990. The molecule has 5 nitrogen and oxygen atoms in total. The van der Waals surface area contributed by atoms with Crippen LogP contribution in [0.4, 0.5) is 5.69 Å². The highest BCUT2D eigenvalue weighted by Crippen LogP contribution is 2.30. The summed E-state index contributed by atoms with van der Waals surface area (Å²) in [6, 6.07) is 3.15. The maximum Gasteiger partial charge on any atom is 0.337 e. The number of carboxylic acids is 1. The van der Waals surface area contributed by atoms with E-state index in [9.17, 15) is 14.7 Å². The van der Waals surface area contributed by atoms with Crippen LogP contribution in [0.1, 0.15) is 43.0 Å². The molecule has 0 radical (unpaired) electrons. The third-order valence-corrected chi connectivity index (χ3v) is 4.07. The molecule has 0 bridgehead atoms. The summed E-state index contributed by atoms with van der Waals surface area (Å²) >= 11 is 11.6. The second-order valence-electron chi connectivity index (χ2n) is 4.57. The second kappa shape index (κ2) is 9.22. The molecular formula is C14H16Br2N2O3S. The molecule has 0 fully saturated rings. The van der Waals surface area contributed by atoms with Gasteiger partial charge in [-0.15, -0.1) is 0 Å². The van der Waals surface area contributed by atoms with Crippen molar-refractivity contribution in [1.29, 1.82) is 0 Å². The first-order chi connectivity index (χ1) is 10.3. The number of amides is 1. The summed E-state index contributed by atoms with van der Waals surface area (Å²) in [6.07, 6.45) is 3.20. The van der Waals surface area contributed by atoms with Gasteiger partial charge in [-0.25, -0.2) is 4.79 Å². The normalized spacial score (nSPS) is 10.1. The molecule has 0 aliphatic heterocycles. The molecular weight excluding hydrogens is 436 g/mol. The quantitative estimate of drug-likeness (QED) is 0.443. The van der Waals surface area contributed by atoms with E-state index < -0.39 is 5.97 Å². The maximum atomic E-state index is 11.7. The molecule has 0 saturated heterocycles. The van der Waals surface area contributed by atoms with Gasteiger partial charge in [-0.3, -0.25) is 4.79 Å². The van der Waals surface area contributed by atoms with Crippen molar-refractivity contribution in [1.82, 2.24) is 5.32 Å². The number of hydrogen-bond acceptors (Lipinski definition) is 3. The van der Waals surface area contributed by atoms with Crippen molar-refractivity contribution in [2.24, 2.45) is 0 Å². The van der Waals surface area contributed by atoms with Crippen LogP contribution in [0.25, 0.3) is 0 Å². The van der Waals surface area contributed by atoms with Gasteiger partial charge in [0.2, 0.25) is 5.91 Å². The third kappa shape index (κ3) is 6.02. The second-order valence-corrected chi connectivity index (χ2v) is 6.75. The van der Waals surface area contributed by atoms with Crippen molar-refractivity contribution in [3.63, 3.8) is 0 Å². The average Bonchev–Trinajstić information content (AvgIpc) is 2.41. The van der Waals surface area contributed by atoms with Crippen molar-refractivity contribution < 1.29 is 14.7 Å². The van der Waals surface area contributed by atoms with Crippen LogP contribution in [0.3, 0.4) is 0 Å². The zero-order chi connectivity index (χ0) is 16.7. The molecule has 0 atom stereocenters. The molecule has 1 aromatic carbocycles. The highest BCUT2D eigenvalue weighted by Gasteiger charge is 2.16. The van der Waals surface area contributed by atoms with Crippen LogP contribution in [-0.4, -0.2) is 22.1 Å². The fourth-order valence-electron chi connectivity index (χ4n) is 1.74. The summed E-state index contributed by atoms with van der Waals surface area (Å²) in [4.78, 5) is 23.0. The van der Waals surface area contributed by atoms with Crippen molar-refractivity contribution >= 4 is 66.8 Å². The van der Waals surface area contributed by atoms with Gasteiger partial charge in [-0.1, -0.05) is 35.7 Å². The number of rotatable bonds is 6. The molecule has 120 valence electrons.